The van der Waals surface area contributed by atoms with Crippen molar-refractivity contribution >= 4 is 46.1 Å². The van der Waals surface area contributed by atoms with Crippen LogP contribution >= 0.6 is 11.8 Å². The van der Waals surface area contributed by atoms with Crippen molar-refractivity contribution in [1.29, 1.82) is 0 Å². The molecule has 8 heteroatoms. The van der Waals surface area contributed by atoms with E-state index < -0.39 is 5.97 Å². The van der Waals surface area contributed by atoms with Crippen LogP contribution in [0.15, 0.2) is 29.3 Å². The first-order chi connectivity index (χ1) is 10.9. The Morgan fingerprint density at radius 2 is 2.04 bits per heavy atom. The van der Waals surface area contributed by atoms with Gasteiger partial charge in [0.25, 0.3) is 0 Å². The molecule has 0 aromatic heterocycles. The molecule has 1 fully saturated rings. The summed E-state index contributed by atoms with van der Waals surface area (Å²) in [6, 6.07) is 6.94. The van der Waals surface area contributed by atoms with Crippen molar-refractivity contribution < 1.29 is 19.5 Å². The minimum atomic E-state index is -0.860. The quantitative estimate of drug-likeness (QED) is 0.738. The summed E-state index contributed by atoms with van der Waals surface area (Å²) in [4.78, 5) is 37.6. The highest BCUT2D eigenvalue weighted by Gasteiger charge is 2.29. The monoisotopic (exact) mass is 335 g/mol. The molecule has 0 radical (unpaired) electrons. The number of hydrogen-bond acceptors (Lipinski definition) is 5. The van der Waals surface area contributed by atoms with Gasteiger partial charge in [0.15, 0.2) is 5.17 Å². The predicted molar refractivity (Wildman–Crippen MR) is 88.8 cm³/mol. The van der Waals surface area contributed by atoms with Crippen LogP contribution in [-0.4, -0.2) is 33.3 Å². The molecule has 1 aliphatic rings. The molecule has 7 nitrogen and oxygen atoms in total. The van der Waals surface area contributed by atoms with E-state index in [4.69, 9.17) is 5.11 Å². The molecule has 1 aliphatic heterocycles. The van der Waals surface area contributed by atoms with E-state index >= 15 is 0 Å². The van der Waals surface area contributed by atoms with Crippen LogP contribution in [-0.2, 0) is 14.4 Å². The lowest BCUT2D eigenvalue weighted by atomic mass is 10.2. The van der Waals surface area contributed by atoms with Gasteiger partial charge in [0, 0.05) is 19.0 Å². The standard InChI is InChI=1S/C15H17N3O4S/c1-9(19)16-10-5-7-11(8-6-10)17-15-18-14(22)12(23-15)3-2-4-13(20)21/h5-8,12H,2-4H2,1H3,(H,16,19)(H,20,21)(H,17,18,22). The number of amides is 2. The van der Waals surface area contributed by atoms with E-state index in [1.165, 1.54) is 18.7 Å². The van der Waals surface area contributed by atoms with Crippen LogP contribution in [0.4, 0.5) is 11.4 Å². The summed E-state index contributed by atoms with van der Waals surface area (Å²) in [6.07, 6.45) is 1.02. The molecule has 1 aromatic rings. The molecule has 23 heavy (non-hydrogen) atoms. The fourth-order valence-corrected chi connectivity index (χ4v) is 3.06. The van der Waals surface area contributed by atoms with Crippen LogP contribution in [0.3, 0.4) is 0 Å². The van der Waals surface area contributed by atoms with Gasteiger partial charge in [0.2, 0.25) is 11.8 Å². The van der Waals surface area contributed by atoms with Gasteiger partial charge in [-0.25, -0.2) is 4.99 Å². The molecule has 0 aliphatic carbocycles. The van der Waals surface area contributed by atoms with E-state index in [-0.39, 0.29) is 23.5 Å². The normalized spacial score (nSPS) is 18.7. The molecule has 0 bridgehead atoms. The van der Waals surface area contributed by atoms with Gasteiger partial charge < -0.3 is 15.7 Å². The number of nitrogens with one attached hydrogen (secondary N) is 2. The van der Waals surface area contributed by atoms with Gasteiger partial charge in [-0.1, -0.05) is 11.8 Å². The number of benzene rings is 1. The van der Waals surface area contributed by atoms with Gasteiger partial charge >= 0.3 is 5.97 Å². The third-order valence-corrected chi connectivity index (χ3v) is 4.20. The number of anilines is 1. The first kappa shape index (κ1) is 17.0. The van der Waals surface area contributed by atoms with E-state index in [9.17, 15) is 14.4 Å². The summed E-state index contributed by atoms with van der Waals surface area (Å²) in [5.74, 6) is -1.15. The Kier molecular flexibility index (Phi) is 5.75. The maximum absolute atomic E-state index is 11.8. The third kappa shape index (κ3) is 5.41. The smallest absolute Gasteiger partial charge is 0.303 e. The molecule has 1 heterocycles. The fraction of sp³-hybridized carbons (Fsp3) is 0.333. The molecular formula is C15H17N3O4S. The fourth-order valence-electron chi connectivity index (χ4n) is 2.03. The second kappa shape index (κ2) is 7.77. The van der Waals surface area contributed by atoms with Crippen LogP contribution in [0.2, 0.25) is 0 Å². The number of hydrogen-bond donors (Lipinski definition) is 3. The van der Waals surface area contributed by atoms with E-state index in [2.05, 4.69) is 15.6 Å². The molecule has 122 valence electrons. The second-order valence-electron chi connectivity index (χ2n) is 5.03. The highest BCUT2D eigenvalue weighted by atomic mass is 32.2. The summed E-state index contributed by atoms with van der Waals surface area (Å²) >= 11 is 1.31. The number of aliphatic imine (C=N–C) groups is 1. The predicted octanol–water partition coefficient (Wildman–Crippen LogP) is 2.12. The average Bonchev–Trinajstić information content (AvgIpc) is 2.80. The summed E-state index contributed by atoms with van der Waals surface area (Å²) in [7, 11) is 0. The lowest BCUT2D eigenvalue weighted by Crippen LogP contribution is -2.24. The molecule has 1 unspecified atom stereocenters. The van der Waals surface area contributed by atoms with Gasteiger partial charge in [-0.15, -0.1) is 0 Å². The molecule has 0 spiro atoms. The summed E-state index contributed by atoms with van der Waals surface area (Å²) in [6.45, 7) is 1.43. The zero-order valence-corrected chi connectivity index (χ0v) is 13.4. The van der Waals surface area contributed by atoms with Gasteiger partial charge in [0.1, 0.15) is 0 Å². The van der Waals surface area contributed by atoms with Crippen LogP contribution in [0.1, 0.15) is 26.2 Å². The Labute approximate surface area is 137 Å². The van der Waals surface area contributed by atoms with E-state index in [0.717, 1.165) is 0 Å². The van der Waals surface area contributed by atoms with Crippen LogP contribution < -0.4 is 10.6 Å². The minimum Gasteiger partial charge on any atom is -0.481 e. The number of carboxylic acids is 1. The maximum atomic E-state index is 11.8. The Balaban J connectivity index is 1.94. The number of nitrogens with zero attached hydrogens (tertiary/aromatic N) is 1. The number of carboxylic acid groups (broad SMARTS) is 1. The Morgan fingerprint density at radius 1 is 1.35 bits per heavy atom. The molecule has 3 N–H and O–H groups in total. The number of carbonyl (C=O) groups excluding carboxylic acids is 2. The second-order valence-corrected chi connectivity index (χ2v) is 6.22. The van der Waals surface area contributed by atoms with Gasteiger partial charge in [-0.2, -0.15) is 0 Å². The zero-order chi connectivity index (χ0) is 16.8. The third-order valence-electron chi connectivity index (χ3n) is 3.05. The van der Waals surface area contributed by atoms with E-state index in [1.54, 1.807) is 24.3 Å². The summed E-state index contributed by atoms with van der Waals surface area (Å²) in [5, 5.41) is 14.2. The summed E-state index contributed by atoms with van der Waals surface area (Å²) in [5.41, 5.74) is 1.34. The first-order valence-corrected chi connectivity index (χ1v) is 7.97. The van der Waals surface area contributed by atoms with Gasteiger partial charge in [0.05, 0.1) is 10.9 Å². The Hall–Kier alpha value is -2.35. The SMILES string of the molecule is CC(=O)Nc1ccc(N=C2NC(=O)C(CCCC(=O)O)S2)cc1. The van der Waals surface area contributed by atoms with E-state index in [0.29, 0.717) is 29.4 Å². The van der Waals surface area contributed by atoms with Gasteiger partial charge in [-0.3, -0.25) is 14.4 Å². The van der Waals surface area contributed by atoms with Crippen molar-refractivity contribution in [3.05, 3.63) is 24.3 Å². The molecule has 1 saturated heterocycles. The van der Waals surface area contributed by atoms with Crippen molar-refractivity contribution in [1.82, 2.24) is 5.32 Å². The zero-order valence-electron chi connectivity index (χ0n) is 12.5. The number of rotatable bonds is 6. The molecular weight excluding hydrogens is 318 g/mol. The largest absolute Gasteiger partial charge is 0.481 e. The molecule has 2 amide bonds. The van der Waals surface area contributed by atoms with Crippen molar-refractivity contribution in [3.8, 4) is 0 Å². The average molecular weight is 335 g/mol. The molecule has 1 aromatic carbocycles. The lowest BCUT2D eigenvalue weighted by molar-refractivity contribution is -0.137. The van der Waals surface area contributed by atoms with Crippen molar-refractivity contribution in [2.75, 3.05) is 5.32 Å². The minimum absolute atomic E-state index is 0.0570. The number of thioether (sulfide) groups is 1. The van der Waals surface area contributed by atoms with Crippen LogP contribution in [0, 0.1) is 0 Å². The van der Waals surface area contributed by atoms with Crippen LogP contribution in [0.25, 0.3) is 0 Å². The Bertz CT molecular complexity index is 643. The Morgan fingerprint density at radius 3 is 2.65 bits per heavy atom. The highest BCUT2D eigenvalue weighted by Crippen LogP contribution is 2.26. The first-order valence-electron chi connectivity index (χ1n) is 7.09. The summed E-state index contributed by atoms with van der Waals surface area (Å²) < 4.78 is 0. The lowest BCUT2D eigenvalue weighted by Gasteiger charge is -2.03. The van der Waals surface area contributed by atoms with Crippen molar-refractivity contribution in [3.63, 3.8) is 0 Å². The highest BCUT2D eigenvalue weighted by molar-refractivity contribution is 8.15. The molecule has 1 atom stereocenters. The van der Waals surface area contributed by atoms with Crippen LogP contribution in [0.5, 0.6) is 0 Å². The maximum Gasteiger partial charge on any atom is 0.303 e. The number of aliphatic carboxylic acids is 1. The van der Waals surface area contributed by atoms with E-state index in [1.807, 2.05) is 0 Å². The molecule has 0 saturated carbocycles. The number of carbonyl (C=O) groups is 3. The number of amidine groups is 1. The molecule has 2 rings (SSSR count). The van der Waals surface area contributed by atoms with Gasteiger partial charge in [-0.05, 0) is 37.1 Å². The van der Waals surface area contributed by atoms with Crippen molar-refractivity contribution in [2.45, 2.75) is 31.4 Å². The van der Waals surface area contributed by atoms with Crippen molar-refractivity contribution in [2.24, 2.45) is 4.99 Å². The topological polar surface area (TPSA) is 108 Å².